The van der Waals surface area contributed by atoms with Crippen molar-refractivity contribution >= 4 is 5.78 Å². The SMILES string of the molecule is CCOC(C)(CC)c1noc(CC(=O)C(F)(F)F)n1. The van der Waals surface area contributed by atoms with Gasteiger partial charge in [0, 0.05) is 6.61 Å². The molecule has 0 N–H and O–H groups in total. The van der Waals surface area contributed by atoms with E-state index >= 15 is 0 Å². The lowest BCUT2D eigenvalue weighted by Gasteiger charge is -2.23. The number of ether oxygens (including phenoxy) is 1. The predicted octanol–water partition coefficient (Wildman–Crippen LogP) is 2.41. The van der Waals surface area contributed by atoms with Gasteiger partial charge in [-0.05, 0) is 20.3 Å². The van der Waals surface area contributed by atoms with E-state index in [-0.39, 0.29) is 11.7 Å². The van der Waals surface area contributed by atoms with Crippen LogP contribution >= 0.6 is 0 Å². The maximum Gasteiger partial charge on any atom is 0.450 e. The highest BCUT2D eigenvalue weighted by molar-refractivity contribution is 5.85. The fourth-order valence-electron chi connectivity index (χ4n) is 1.42. The maximum absolute atomic E-state index is 12.1. The fourth-order valence-corrected chi connectivity index (χ4v) is 1.42. The van der Waals surface area contributed by atoms with Gasteiger partial charge in [0.1, 0.15) is 5.60 Å². The topological polar surface area (TPSA) is 65.2 Å². The average molecular weight is 280 g/mol. The van der Waals surface area contributed by atoms with Crippen LogP contribution in [0.4, 0.5) is 13.2 Å². The molecule has 0 bridgehead atoms. The van der Waals surface area contributed by atoms with Gasteiger partial charge in [0.05, 0.1) is 6.42 Å². The Kier molecular flexibility index (Phi) is 4.67. The van der Waals surface area contributed by atoms with Gasteiger partial charge in [-0.2, -0.15) is 18.2 Å². The Bertz CT molecular complexity index is 445. The van der Waals surface area contributed by atoms with E-state index in [0.717, 1.165) is 0 Å². The van der Waals surface area contributed by atoms with Crippen molar-refractivity contribution in [3.63, 3.8) is 0 Å². The molecule has 0 spiro atoms. The summed E-state index contributed by atoms with van der Waals surface area (Å²) in [6.07, 6.45) is -5.34. The third kappa shape index (κ3) is 3.76. The third-order valence-electron chi connectivity index (χ3n) is 2.71. The van der Waals surface area contributed by atoms with Crippen molar-refractivity contribution in [2.45, 2.75) is 45.4 Å². The van der Waals surface area contributed by atoms with Crippen LogP contribution in [0.2, 0.25) is 0 Å². The Balaban J connectivity index is 2.85. The summed E-state index contributed by atoms with van der Waals surface area (Å²) in [4.78, 5) is 14.6. The number of ketones is 1. The van der Waals surface area contributed by atoms with Gasteiger partial charge < -0.3 is 9.26 Å². The first-order valence-corrected chi connectivity index (χ1v) is 5.80. The molecular formula is C11H15F3N2O3. The molecule has 1 atom stereocenters. The van der Waals surface area contributed by atoms with E-state index in [0.29, 0.717) is 13.0 Å². The number of rotatable bonds is 6. The van der Waals surface area contributed by atoms with Gasteiger partial charge in [-0.1, -0.05) is 12.1 Å². The van der Waals surface area contributed by atoms with E-state index in [4.69, 9.17) is 4.74 Å². The molecule has 1 rings (SSSR count). The van der Waals surface area contributed by atoms with Gasteiger partial charge in [0.25, 0.3) is 0 Å². The quantitative estimate of drug-likeness (QED) is 0.800. The third-order valence-corrected chi connectivity index (χ3v) is 2.71. The first-order valence-electron chi connectivity index (χ1n) is 5.80. The van der Waals surface area contributed by atoms with Crippen molar-refractivity contribution in [2.75, 3.05) is 6.61 Å². The number of Topliss-reactive ketones (excluding diaryl/α,β-unsaturated/α-hetero) is 1. The molecule has 0 aliphatic heterocycles. The van der Waals surface area contributed by atoms with E-state index in [2.05, 4.69) is 14.7 Å². The molecule has 19 heavy (non-hydrogen) atoms. The fraction of sp³-hybridized carbons (Fsp3) is 0.727. The second-order valence-corrected chi connectivity index (χ2v) is 4.13. The summed E-state index contributed by atoms with van der Waals surface area (Å²) in [7, 11) is 0. The van der Waals surface area contributed by atoms with E-state index in [1.165, 1.54) is 0 Å². The first kappa shape index (κ1) is 15.6. The summed E-state index contributed by atoms with van der Waals surface area (Å²) in [5.74, 6) is -2.14. The minimum absolute atomic E-state index is 0.141. The molecule has 1 unspecified atom stereocenters. The van der Waals surface area contributed by atoms with E-state index in [1.54, 1.807) is 13.8 Å². The van der Waals surface area contributed by atoms with Crippen LogP contribution in [0.15, 0.2) is 4.52 Å². The monoisotopic (exact) mass is 280 g/mol. The van der Waals surface area contributed by atoms with Gasteiger partial charge in [-0.15, -0.1) is 0 Å². The Morgan fingerprint density at radius 3 is 2.47 bits per heavy atom. The highest BCUT2D eigenvalue weighted by Gasteiger charge is 2.39. The van der Waals surface area contributed by atoms with Crippen molar-refractivity contribution < 1.29 is 27.2 Å². The van der Waals surface area contributed by atoms with Crippen LogP contribution in [0.25, 0.3) is 0 Å². The number of hydrogen-bond acceptors (Lipinski definition) is 5. The van der Waals surface area contributed by atoms with Crippen molar-refractivity contribution in [1.29, 1.82) is 0 Å². The Labute approximate surface area is 108 Å². The van der Waals surface area contributed by atoms with Crippen LogP contribution in [0.5, 0.6) is 0 Å². The van der Waals surface area contributed by atoms with Crippen LogP contribution < -0.4 is 0 Å². The molecule has 0 aliphatic carbocycles. The molecule has 5 nitrogen and oxygen atoms in total. The standard InChI is InChI=1S/C11H15F3N2O3/c1-4-10(3,18-5-2)9-15-8(19-16-9)6-7(17)11(12,13)14/h4-6H2,1-3H3. The molecular weight excluding hydrogens is 265 g/mol. The lowest BCUT2D eigenvalue weighted by atomic mass is 10.0. The molecule has 0 aromatic carbocycles. The van der Waals surface area contributed by atoms with E-state index in [1.807, 2.05) is 6.92 Å². The Morgan fingerprint density at radius 1 is 1.37 bits per heavy atom. The maximum atomic E-state index is 12.1. The summed E-state index contributed by atoms with van der Waals surface area (Å²) in [5.41, 5.74) is -0.836. The lowest BCUT2D eigenvalue weighted by Crippen LogP contribution is -2.27. The summed E-state index contributed by atoms with van der Waals surface area (Å²) < 4.78 is 46.4. The molecule has 0 radical (unpaired) electrons. The number of alkyl halides is 3. The lowest BCUT2D eigenvalue weighted by molar-refractivity contribution is -0.170. The summed E-state index contributed by atoms with van der Waals surface area (Å²) in [5, 5.41) is 3.58. The molecule has 0 aliphatic rings. The zero-order valence-corrected chi connectivity index (χ0v) is 10.9. The molecule has 1 aromatic heterocycles. The number of nitrogens with zero attached hydrogens (tertiary/aromatic N) is 2. The highest BCUT2D eigenvalue weighted by atomic mass is 19.4. The average Bonchev–Trinajstić information content (AvgIpc) is 2.77. The zero-order chi connectivity index (χ0) is 14.7. The van der Waals surface area contributed by atoms with E-state index < -0.39 is 24.0 Å². The van der Waals surface area contributed by atoms with Crippen LogP contribution in [0.1, 0.15) is 38.9 Å². The van der Waals surface area contributed by atoms with Crippen LogP contribution in [-0.2, 0) is 21.6 Å². The largest absolute Gasteiger partial charge is 0.450 e. The molecule has 0 amide bonds. The molecule has 0 saturated carbocycles. The molecule has 1 heterocycles. The second kappa shape index (κ2) is 5.68. The van der Waals surface area contributed by atoms with Gasteiger partial charge in [-0.25, -0.2) is 0 Å². The minimum atomic E-state index is -4.90. The smallest absolute Gasteiger partial charge is 0.367 e. The molecule has 0 saturated heterocycles. The van der Waals surface area contributed by atoms with Gasteiger partial charge in [-0.3, -0.25) is 4.79 Å². The van der Waals surface area contributed by atoms with Crippen molar-refractivity contribution in [3.8, 4) is 0 Å². The van der Waals surface area contributed by atoms with Crippen molar-refractivity contribution in [3.05, 3.63) is 11.7 Å². The van der Waals surface area contributed by atoms with Crippen LogP contribution in [0.3, 0.4) is 0 Å². The molecule has 108 valence electrons. The van der Waals surface area contributed by atoms with Crippen LogP contribution in [0, 0.1) is 0 Å². The van der Waals surface area contributed by atoms with Gasteiger partial charge in [0.15, 0.2) is 0 Å². The Hall–Kier alpha value is -1.44. The number of aromatic nitrogens is 2. The molecule has 0 fully saturated rings. The van der Waals surface area contributed by atoms with Gasteiger partial charge in [0.2, 0.25) is 17.5 Å². The summed E-state index contributed by atoms with van der Waals surface area (Å²) in [6, 6.07) is 0. The molecule has 1 aromatic rings. The number of hydrogen-bond donors (Lipinski definition) is 0. The van der Waals surface area contributed by atoms with Crippen molar-refractivity contribution in [2.24, 2.45) is 0 Å². The highest BCUT2D eigenvalue weighted by Crippen LogP contribution is 2.27. The number of halogens is 3. The minimum Gasteiger partial charge on any atom is -0.367 e. The zero-order valence-electron chi connectivity index (χ0n) is 10.9. The normalized spacial score (nSPS) is 15.3. The molecule has 8 heteroatoms. The van der Waals surface area contributed by atoms with Crippen LogP contribution in [-0.4, -0.2) is 28.7 Å². The van der Waals surface area contributed by atoms with Gasteiger partial charge >= 0.3 is 6.18 Å². The number of carbonyl (C=O) groups excluding carboxylic acids is 1. The summed E-state index contributed by atoms with van der Waals surface area (Å²) in [6.45, 7) is 5.71. The van der Waals surface area contributed by atoms with Crippen molar-refractivity contribution in [1.82, 2.24) is 10.1 Å². The van der Waals surface area contributed by atoms with E-state index in [9.17, 15) is 18.0 Å². The number of carbonyl (C=O) groups is 1. The summed E-state index contributed by atoms with van der Waals surface area (Å²) >= 11 is 0. The predicted molar refractivity (Wildman–Crippen MR) is 58.3 cm³/mol. The second-order valence-electron chi connectivity index (χ2n) is 4.13. The first-order chi connectivity index (χ1) is 8.73. The Morgan fingerprint density at radius 2 is 2.00 bits per heavy atom.